The van der Waals surface area contributed by atoms with E-state index in [0.29, 0.717) is 18.4 Å². The maximum atomic E-state index is 12.6. The third-order valence-electron chi connectivity index (χ3n) is 6.09. The van der Waals surface area contributed by atoms with E-state index in [-0.39, 0.29) is 17.5 Å². The van der Waals surface area contributed by atoms with E-state index in [1.54, 1.807) is 0 Å². The monoisotopic (exact) mass is 356 g/mol. The molecule has 2 aromatic carbocycles. The standard InChI is InChI=1S/C24H20O3/c1-2-13-23-14-12-18-10-6-7-11-19(18)21(23)26-24(16-23)15-20(22(25)27-24)17-8-4-3-5-9-17/h1,3-11,15,21H,12-14,16H2. The molecule has 27 heavy (non-hydrogen) atoms. The van der Waals surface area contributed by atoms with E-state index in [9.17, 15) is 4.79 Å². The van der Waals surface area contributed by atoms with E-state index in [2.05, 4.69) is 24.1 Å². The molecule has 0 saturated carbocycles. The molecule has 0 aromatic heterocycles. The van der Waals surface area contributed by atoms with Crippen molar-refractivity contribution in [2.24, 2.45) is 5.41 Å². The van der Waals surface area contributed by atoms with Gasteiger partial charge in [0.15, 0.2) is 0 Å². The van der Waals surface area contributed by atoms with Crippen LogP contribution in [-0.4, -0.2) is 11.8 Å². The van der Waals surface area contributed by atoms with Gasteiger partial charge in [-0.2, -0.15) is 0 Å². The quantitative estimate of drug-likeness (QED) is 0.589. The first-order valence-corrected chi connectivity index (χ1v) is 9.35. The second-order valence-electron chi connectivity index (χ2n) is 7.74. The lowest BCUT2D eigenvalue weighted by Gasteiger charge is -2.37. The lowest BCUT2D eigenvalue weighted by atomic mass is 9.66. The summed E-state index contributed by atoms with van der Waals surface area (Å²) in [4.78, 5) is 12.6. The van der Waals surface area contributed by atoms with E-state index in [1.807, 2.05) is 42.5 Å². The van der Waals surface area contributed by atoms with Crippen LogP contribution in [0.15, 0.2) is 60.7 Å². The number of esters is 1. The summed E-state index contributed by atoms with van der Waals surface area (Å²) in [6, 6.07) is 17.9. The Morgan fingerprint density at radius 1 is 1.11 bits per heavy atom. The summed E-state index contributed by atoms with van der Waals surface area (Å²) in [5.74, 6) is 1.49. The van der Waals surface area contributed by atoms with Crippen LogP contribution >= 0.6 is 0 Å². The smallest absolute Gasteiger partial charge is 0.341 e. The molecule has 1 aliphatic carbocycles. The lowest BCUT2D eigenvalue weighted by Crippen LogP contribution is -2.31. The van der Waals surface area contributed by atoms with Crippen LogP contribution < -0.4 is 0 Å². The third-order valence-corrected chi connectivity index (χ3v) is 6.09. The van der Waals surface area contributed by atoms with Crippen LogP contribution in [0, 0.1) is 17.8 Å². The third kappa shape index (κ3) is 2.44. The molecule has 3 aliphatic rings. The maximum absolute atomic E-state index is 12.6. The molecule has 2 aliphatic heterocycles. The Hall–Kier alpha value is -2.83. The molecule has 1 spiro atoms. The first-order valence-electron chi connectivity index (χ1n) is 9.35. The number of hydrogen-bond donors (Lipinski definition) is 0. The van der Waals surface area contributed by atoms with Gasteiger partial charge in [-0.3, -0.25) is 0 Å². The number of terminal acetylenes is 1. The van der Waals surface area contributed by atoms with Crippen molar-refractivity contribution in [2.75, 3.05) is 0 Å². The Balaban J connectivity index is 1.58. The molecule has 0 bridgehead atoms. The highest BCUT2D eigenvalue weighted by Crippen LogP contribution is 2.61. The minimum Gasteiger partial charge on any atom is -0.426 e. The SMILES string of the molecule is C#CCC12CCc3ccccc3C1OC1(C=C(c3ccccc3)C(=O)O1)C2. The van der Waals surface area contributed by atoms with Crippen molar-refractivity contribution < 1.29 is 14.3 Å². The number of carbonyl (C=O) groups is 1. The van der Waals surface area contributed by atoms with Gasteiger partial charge < -0.3 is 9.47 Å². The fourth-order valence-electron chi connectivity index (χ4n) is 4.89. The van der Waals surface area contributed by atoms with Crippen molar-refractivity contribution in [3.05, 3.63) is 77.4 Å². The number of hydrogen-bond acceptors (Lipinski definition) is 3. The number of rotatable bonds is 2. The van der Waals surface area contributed by atoms with Crippen LogP contribution in [0.2, 0.25) is 0 Å². The van der Waals surface area contributed by atoms with E-state index >= 15 is 0 Å². The van der Waals surface area contributed by atoms with Crippen molar-refractivity contribution in [1.29, 1.82) is 0 Å². The molecule has 1 fully saturated rings. The van der Waals surface area contributed by atoms with Gasteiger partial charge in [-0.25, -0.2) is 4.79 Å². The van der Waals surface area contributed by atoms with Gasteiger partial charge in [-0.1, -0.05) is 54.6 Å². The van der Waals surface area contributed by atoms with Crippen LogP contribution in [0.3, 0.4) is 0 Å². The summed E-state index contributed by atoms with van der Waals surface area (Å²) >= 11 is 0. The van der Waals surface area contributed by atoms with Gasteiger partial charge >= 0.3 is 5.97 Å². The van der Waals surface area contributed by atoms with Crippen LogP contribution in [0.1, 0.15) is 42.1 Å². The number of carbonyl (C=O) groups excluding carboxylic acids is 1. The van der Waals surface area contributed by atoms with Crippen molar-refractivity contribution >= 4 is 11.5 Å². The summed E-state index contributed by atoms with van der Waals surface area (Å²) < 4.78 is 12.3. The number of benzene rings is 2. The molecule has 0 radical (unpaired) electrons. The topological polar surface area (TPSA) is 35.5 Å². The highest BCUT2D eigenvalue weighted by molar-refractivity contribution is 6.18. The normalized spacial score (nSPS) is 31.0. The molecule has 1 saturated heterocycles. The molecule has 134 valence electrons. The van der Waals surface area contributed by atoms with Crippen molar-refractivity contribution in [3.8, 4) is 12.3 Å². The van der Waals surface area contributed by atoms with Gasteiger partial charge in [0.25, 0.3) is 0 Å². The first-order chi connectivity index (χ1) is 13.1. The van der Waals surface area contributed by atoms with Crippen LogP contribution in [0.5, 0.6) is 0 Å². The summed E-state index contributed by atoms with van der Waals surface area (Å²) in [6.45, 7) is 0. The molecule has 3 nitrogen and oxygen atoms in total. The van der Waals surface area contributed by atoms with Crippen LogP contribution in [-0.2, 0) is 20.7 Å². The number of fused-ring (bicyclic) bond motifs is 3. The summed E-state index contributed by atoms with van der Waals surface area (Å²) in [5.41, 5.74) is 3.69. The average molecular weight is 356 g/mol. The average Bonchev–Trinajstić information content (AvgIpc) is 3.18. The van der Waals surface area contributed by atoms with Gasteiger partial charge in [0.1, 0.15) is 0 Å². The van der Waals surface area contributed by atoms with Gasteiger partial charge in [0.05, 0.1) is 11.7 Å². The Kier molecular flexibility index (Phi) is 3.54. The Bertz CT molecular complexity index is 984. The highest BCUT2D eigenvalue weighted by Gasteiger charge is 2.60. The summed E-state index contributed by atoms with van der Waals surface area (Å²) in [5, 5.41) is 0. The van der Waals surface area contributed by atoms with Crippen molar-refractivity contribution in [3.63, 3.8) is 0 Å². The van der Waals surface area contributed by atoms with E-state index < -0.39 is 5.79 Å². The number of ether oxygens (including phenoxy) is 2. The predicted octanol–water partition coefficient (Wildman–Crippen LogP) is 4.44. The van der Waals surface area contributed by atoms with Crippen molar-refractivity contribution in [2.45, 2.75) is 37.6 Å². The Morgan fingerprint density at radius 2 is 1.89 bits per heavy atom. The van der Waals surface area contributed by atoms with Crippen LogP contribution in [0.25, 0.3) is 5.57 Å². The zero-order valence-electron chi connectivity index (χ0n) is 15.0. The van der Waals surface area contributed by atoms with Gasteiger partial charge in [0.2, 0.25) is 5.79 Å². The Morgan fingerprint density at radius 3 is 2.70 bits per heavy atom. The molecule has 5 rings (SSSR count). The zero-order valence-corrected chi connectivity index (χ0v) is 15.0. The van der Waals surface area contributed by atoms with Gasteiger partial charge in [-0.05, 0) is 29.5 Å². The molecule has 3 heteroatoms. The zero-order chi connectivity index (χ0) is 18.5. The maximum Gasteiger partial charge on any atom is 0.341 e. The predicted molar refractivity (Wildman–Crippen MR) is 102 cm³/mol. The first kappa shape index (κ1) is 16.4. The summed E-state index contributed by atoms with van der Waals surface area (Å²) in [7, 11) is 0. The largest absolute Gasteiger partial charge is 0.426 e. The molecule has 3 unspecified atom stereocenters. The minimum absolute atomic E-state index is 0.155. The molecule has 2 heterocycles. The molecule has 2 aromatic rings. The second-order valence-corrected chi connectivity index (χ2v) is 7.74. The van der Waals surface area contributed by atoms with E-state index in [4.69, 9.17) is 15.9 Å². The Labute approximate surface area is 159 Å². The molecule has 0 amide bonds. The molecular formula is C24H20O3. The summed E-state index contributed by atoms with van der Waals surface area (Å²) in [6.07, 6.45) is 10.6. The second kappa shape index (κ2) is 5.84. The van der Waals surface area contributed by atoms with E-state index in [0.717, 1.165) is 18.4 Å². The van der Waals surface area contributed by atoms with Gasteiger partial charge in [0, 0.05) is 24.3 Å². The number of aryl methyl sites for hydroxylation is 1. The lowest BCUT2D eigenvalue weighted by molar-refractivity contribution is -0.193. The fourth-order valence-corrected chi connectivity index (χ4v) is 4.89. The van der Waals surface area contributed by atoms with Crippen molar-refractivity contribution in [1.82, 2.24) is 0 Å². The molecule has 3 atom stereocenters. The van der Waals surface area contributed by atoms with Gasteiger partial charge in [-0.15, -0.1) is 12.3 Å². The fraction of sp³-hybridized carbons (Fsp3) is 0.292. The minimum atomic E-state index is -1.03. The molecule has 0 N–H and O–H groups in total. The van der Waals surface area contributed by atoms with Crippen LogP contribution in [0.4, 0.5) is 0 Å². The highest BCUT2D eigenvalue weighted by atomic mass is 16.7. The van der Waals surface area contributed by atoms with E-state index in [1.165, 1.54) is 11.1 Å². The molecular weight excluding hydrogens is 336 g/mol.